The van der Waals surface area contributed by atoms with Crippen LogP contribution in [0.3, 0.4) is 0 Å². The first-order chi connectivity index (χ1) is 7.32. The van der Waals surface area contributed by atoms with Crippen molar-refractivity contribution in [3.05, 3.63) is 23.4 Å². The fourth-order valence-electron chi connectivity index (χ4n) is 0.501. The van der Waals surface area contributed by atoms with Crippen LogP contribution in [0.2, 0.25) is 0 Å². The first-order valence-corrected chi connectivity index (χ1v) is 6.23. The molecule has 0 saturated heterocycles. The zero-order valence-electron chi connectivity index (χ0n) is 8.00. The molecule has 0 unspecified atom stereocenters. The Balaban J connectivity index is 4.58. The van der Waals surface area contributed by atoms with E-state index in [0.29, 0.717) is 0 Å². The van der Waals surface area contributed by atoms with E-state index < -0.39 is 19.8 Å². The number of esters is 2. The smallest absolute Gasteiger partial charge is 0.348 e. The SMILES string of the molecule is [C-]#[N+]/C(=C/OC(=O)C(Br)(Br)Br)C(=O)OCC. The topological polar surface area (TPSA) is 57.0 Å². The summed E-state index contributed by atoms with van der Waals surface area (Å²) in [7, 11) is 0. The van der Waals surface area contributed by atoms with Gasteiger partial charge >= 0.3 is 17.6 Å². The first kappa shape index (κ1) is 15.6. The molecule has 0 atom stereocenters. The molecule has 88 valence electrons. The summed E-state index contributed by atoms with van der Waals surface area (Å²) >= 11 is 8.76. The first-order valence-electron chi connectivity index (χ1n) is 3.85. The number of nitrogens with zero attached hydrogens (tertiary/aromatic N) is 1. The van der Waals surface area contributed by atoms with E-state index in [2.05, 4.69) is 62.1 Å². The molecule has 0 amide bonds. The number of hydrogen-bond acceptors (Lipinski definition) is 4. The summed E-state index contributed by atoms with van der Waals surface area (Å²) in [6.07, 6.45) is 0.742. The Morgan fingerprint density at radius 1 is 1.44 bits per heavy atom. The fourth-order valence-corrected chi connectivity index (χ4v) is 0.782. The molecule has 0 saturated carbocycles. The standard InChI is InChI=1S/C8H6Br3NO4/c1-3-15-6(13)5(12-2)4-16-7(14)8(9,10)11/h4H,3H2,1H3/b5-4+. The molecular formula is C8H6Br3NO4. The predicted octanol–water partition coefficient (Wildman–Crippen LogP) is 2.69. The minimum atomic E-state index is -1.24. The van der Waals surface area contributed by atoms with E-state index in [1.54, 1.807) is 6.92 Å². The number of ether oxygens (including phenoxy) is 2. The molecular weight excluding hydrogens is 414 g/mol. The second kappa shape index (κ2) is 7.04. The van der Waals surface area contributed by atoms with Crippen molar-refractivity contribution in [1.82, 2.24) is 0 Å². The average molecular weight is 420 g/mol. The predicted molar refractivity (Wildman–Crippen MR) is 66.9 cm³/mol. The van der Waals surface area contributed by atoms with Crippen LogP contribution in [0, 0.1) is 6.57 Å². The molecule has 0 fully saturated rings. The molecule has 0 aliphatic heterocycles. The number of rotatable bonds is 3. The van der Waals surface area contributed by atoms with Gasteiger partial charge in [0.05, 0.1) is 13.2 Å². The molecule has 0 heterocycles. The Kier molecular flexibility index (Phi) is 6.87. The molecule has 0 N–H and O–H groups in total. The van der Waals surface area contributed by atoms with Gasteiger partial charge in [0.2, 0.25) is 2.14 Å². The number of carbonyl (C=O) groups excluding carboxylic acids is 2. The van der Waals surface area contributed by atoms with E-state index in [0.717, 1.165) is 6.26 Å². The van der Waals surface area contributed by atoms with Gasteiger partial charge in [0.1, 0.15) is 6.26 Å². The van der Waals surface area contributed by atoms with Gasteiger partial charge in [-0.05, 0) is 54.7 Å². The van der Waals surface area contributed by atoms with Gasteiger partial charge in [-0.2, -0.15) is 0 Å². The lowest BCUT2D eigenvalue weighted by molar-refractivity contribution is -0.138. The number of hydrogen-bond donors (Lipinski definition) is 0. The highest BCUT2D eigenvalue weighted by atomic mass is 80.0. The van der Waals surface area contributed by atoms with Crippen LogP contribution in [0.15, 0.2) is 12.0 Å². The molecule has 16 heavy (non-hydrogen) atoms. The summed E-state index contributed by atoms with van der Waals surface area (Å²) in [5.74, 6) is -1.60. The second-order valence-corrected chi connectivity index (χ2v) is 9.00. The van der Waals surface area contributed by atoms with Crippen LogP contribution in [-0.2, 0) is 19.1 Å². The van der Waals surface area contributed by atoms with Gasteiger partial charge in [0.25, 0.3) is 0 Å². The summed E-state index contributed by atoms with van der Waals surface area (Å²) in [5, 5.41) is 0. The van der Waals surface area contributed by atoms with Crippen molar-refractivity contribution in [1.29, 1.82) is 0 Å². The molecule has 0 aromatic rings. The van der Waals surface area contributed by atoms with E-state index >= 15 is 0 Å². The third-order valence-electron chi connectivity index (χ3n) is 1.11. The van der Waals surface area contributed by atoms with E-state index in [1.165, 1.54) is 0 Å². The second-order valence-electron chi connectivity index (χ2n) is 2.24. The minimum Gasteiger partial charge on any atom is -0.471 e. The van der Waals surface area contributed by atoms with Gasteiger partial charge in [0.15, 0.2) is 0 Å². The Hall–Kier alpha value is -0.390. The van der Waals surface area contributed by atoms with E-state index in [-0.39, 0.29) is 6.61 Å². The van der Waals surface area contributed by atoms with Gasteiger partial charge in [0, 0.05) is 0 Å². The Morgan fingerprint density at radius 3 is 2.38 bits per heavy atom. The number of carbonyl (C=O) groups is 2. The fraction of sp³-hybridized carbons (Fsp3) is 0.375. The number of alkyl halides is 3. The van der Waals surface area contributed by atoms with Gasteiger partial charge in [-0.25, -0.2) is 9.64 Å². The maximum atomic E-state index is 11.2. The summed E-state index contributed by atoms with van der Waals surface area (Å²) in [6, 6.07) is 0. The highest BCUT2D eigenvalue weighted by molar-refractivity contribution is 9.40. The van der Waals surface area contributed by atoms with Crippen molar-refractivity contribution in [3.63, 3.8) is 0 Å². The molecule has 0 spiro atoms. The van der Waals surface area contributed by atoms with Crippen molar-refractivity contribution in [2.24, 2.45) is 0 Å². The van der Waals surface area contributed by atoms with Crippen molar-refractivity contribution in [2.75, 3.05) is 6.61 Å². The van der Waals surface area contributed by atoms with Crippen LogP contribution in [0.5, 0.6) is 0 Å². The summed E-state index contributed by atoms with van der Waals surface area (Å²) in [6.45, 7) is 8.44. The van der Waals surface area contributed by atoms with Crippen LogP contribution in [0.25, 0.3) is 4.85 Å². The van der Waals surface area contributed by atoms with Crippen LogP contribution >= 0.6 is 47.8 Å². The van der Waals surface area contributed by atoms with Crippen molar-refractivity contribution in [3.8, 4) is 0 Å². The average Bonchev–Trinajstić information content (AvgIpc) is 2.17. The monoisotopic (exact) mass is 417 g/mol. The molecule has 0 rings (SSSR count). The summed E-state index contributed by atoms with van der Waals surface area (Å²) in [4.78, 5) is 25.2. The molecule has 0 aliphatic carbocycles. The highest BCUT2D eigenvalue weighted by Crippen LogP contribution is 2.34. The van der Waals surface area contributed by atoms with Crippen LogP contribution in [0.4, 0.5) is 0 Å². The normalized spacial score (nSPS) is 11.6. The zero-order valence-corrected chi connectivity index (χ0v) is 12.8. The summed E-state index contributed by atoms with van der Waals surface area (Å²) in [5.41, 5.74) is -0.410. The van der Waals surface area contributed by atoms with Crippen LogP contribution in [0.1, 0.15) is 6.92 Å². The molecule has 0 radical (unpaired) electrons. The quantitative estimate of drug-likeness (QED) is 0.232. The number of halogens is 3. The van der Waals surface area contributed by atoms with Crippen molar-refractivity contribution < 1.29 is 19.1 Å². The lowest BCUT2D eigenvalue weighted by Gasteiger charge is -2.08. The van der Waals surface area contributed by atoms with Gasteiger partial charge in [-0.3, -0.25) is 4.79 Å². The van der Waals surface area contributed by atoms with Gasteiger partial charge < -0.3 is 9.47 Å². The molecule has 8 heteroatoms. The van der Waals surface area contributed by atoms with E-state index in [4.69, 9.17) is 6.57 Å². The third-order valence-corrected chi connectivity index (χ3v) is 2.09. The lowest BCUT2D eigenvalue weighted by atomic mass is 10.5. The van der Waals surface area contributed by atoms with E-state index in [1.807, 2.05) is 0 Å². The Labute approximate surface area is 117 Å². The highest BCUT2D eigenvalue weighted by Gasteiger charge is 2.30. The molecule has 5 nitrogen and oxygen atoms in total. The maximum Gasteiger partial charge on any atom is 0.348 e. The summed E-state index contributed by atoms with van der Waals surface area (Å²) < 4.78 is 7.89. The minimum absolute atomic E-state index is 0.138. The molecule has 0 aromatic heterocycles. The maximum absolute atomic E-state index is 11.2. The van der Waals surface area contributed by atoms with E-state index in [9.17, 15) is 9.59 Å². The lowest BCUT2D eigenvalue weighted by Crippen LogP contribution is -2.18. The van der Waals surface area contributed by atoms with Gasteiger partial charge in [-0.15, -0.1) is 0 Å². The van der Waals surface area contributed by atoms with Crippen LogP contribution < -0.4 is 0 Å². The molecule has 0 bridgehead atoms. The van der Waals surface area contributed by atoms with Crippen molar-refractivity contribution >= 4 is 59.7 Å². The largest absolute Gasteiger partial charge is 0.471 e. The Morgan fingerprint density at radius 2 is 2.00 bits per heavy atom. The zero-order chi connectivity index (χ0) is 12.8. The third kappa shape index (κ3) is 5.63. The molecule has 0 aromatic carbocycles. The van der Waals surface area contributed by atoms with Gasteiger partial charge in [-0.1, -0.05) is 0 Å². The Bertz CT molecular complexity index is 353. The van der Waals surface area contributed by atoms with Crippen molar-refractivity contribution in [2.45, 2.75) is 9.07 Å². The molecule has 0 aliphatic rings. The van der Waals surface area contributed by atoms with Crippen LogP contribution in [-0.4, -0.2) is 20.7 Å².